The van der Waals surface area contributed by atoms with Crippen molar-refractivity contribution in [2.45, 2.75) is 6.92 Å². The molecule has 0 saturated carbocycles. The quantitative estimate of drug-likeness (QED) is 0.535. The first-order valence-electron chi connectivity index (χ1n) is 5.50. The maximum absolute atomic E-state index is 11.4. The Hall–Kier alpha value is -0.930. The molecule has 0 heterocycles. The summed E-state index contributed by atoms with van der Waals surface area (Å²) in [6, 6.07) is 6.41. The molecule has 0 aromatic heterocycles. The third kappa shape index (κ3) is 2.75. The molecule has 2 aromatic rings. The third-order valence-electron chi connectivity index (χ3n) is 2.79. The van der Waals surface area contributed by atoms with Gasteiger partial charge in [0, 0.05) is 5.56 Å². The smallest absolute Gasteiger partial charge is 0.336 e. The van der Waals surface area contributed by atoms with Crippen LogP contribution in [0.2, 0.25) is 20.1 Å². The number of rotatable bonds is 2. The van der Waals surface area contributed by atoms with Gasteiger partial charge < -0.3 is 5.11 Å². The fourth-order valence-corrected chi connectivity index (χ4v) is 2.98. The van der Waals surface area contributed by atoms with E-state index in [9.17, 15) is 9.90 Å². The van der Waals surface area contributed by atoms with Crippen molar-refractivity contribution in [2.24, 2.45) is 0 Å². The summed E-state index contributed by atoms with van der Waals surface area (Å²) >= 11 is 24.2. The number of hydrogen-bond donors (Lipinski definition) is 1. The van der Waals surface area contributed by atoms with E-state index in [1.165, 1.54) is 6.07 Å². The van der Waals surface area contributed by atoms with Crippen LogP contribution in [-0.4, -0.2) is 11.1 Å². The first-order valence-corrected chi connectivity index (χ1v) is 7.01. The van der Waals surface area contributed by atoms with Gasteiger partial charge in [-0.3, -0.25) is 0 Å². The second-order valence-corrected chi connectivity index (χ2v) is 5.77. The van der Waals surface area contributed by atoms with Gasteiger partial charge >= 0.3 is 5.97 Å². The number of hydrogen-bond acceptors (Lipinski definition) is 1. The average Bonchev–Trinajstić information content (AvgIpc) is 2.37. The molecule has 0 radical (unpaired) electrons. The minimum absolute atomic E-state index is 0.104. The lowest BCUT2D eigenvalue weighted by molar-refractivity contribution is 0.0697. The maximum atomic E-state index is 11.4. The van der Waals surface area contributed by atoms with E-state index in [0.717, 1.165) is 5.56 Å². The Balaban J connectivity index is 2.82. The van der Waals surface area contributed by atoms with Gasteiger partial charge in [0.25, 0.3) is 0 Å². The average molecular weight is 350 g/mol. The Morgan fingerprint density at radius 2 is 1.65 bits per heavy atom. The summed E-state index contributed by atoms with van der Waals surface area (Å²) in [6.07, 6.45) is 0. The van der Waals surface area contributed by atoms with E-state index in [1.54, 1.807) is 25.1 Å². The Morgan fingerprint density at radius 3 is 2.25 bits per heavy atom. The number of aryl methyl sites for hydroxylation is 1. The van der Waals surface area contributed by atoms with Gasteiger partial charge in [0.05, 0.1) is 25.7 Å². The summed E-state index contributed by atoms with van der Waals surface area (Å²) in [4.78, 5) is 11.4. The van der Waals surface area contributed by atoms with E-state index in [0.29, 0.717) is 11.1 Å². The summed E-state index contributed by atoms with van der Waals surface area (Å²) in [5.74, 6) is -1.07. The molecule has 2 nitrogen and oxygen atoms in total. The van der Waals surface area contributed by atoms with Crippen LogP contribution >= 0.6 is 46.4 Å². The van der Waals surface area contributed by atoms with Crippen LogP contribution < -0.4 is 0 Å². The van der Waals surface area contributed by atoms with Gasteiger partial charge in [-0.2, -0.15) is 0 Å². The molecular formula is C14H8Cl4O2. The van der Waals surface area contributed by atoms with Gasteiger partial charge in [-0.25, -0.2) is 4.79 Å². The minimum atomic E-state index is -1.07. The van der Waals surface area contributed by atoms with E-state index in [1.807, 2.05) is 0 Å². The van der Waals surface area contributed by atoms with Crippen LogP contribution in [0, 0.1) is 6.92 Å². The normalized spacial score (nSPS) is 10.7. The molecule has 0 aliphatic heterocycles. The highest BCUT2D eigenvalue weighted by Gasteiger charge is 2.20. The molecule has 0 bridgehead atoms. The molecule has 0 saturated heterocycles. The molecule has 2 aromatic carbocycles. The predicted octanol–water partition coefficient (Wildman–Crippen LogP) is 5.97. The molecule has 0 amide bonds. The summed E-state index contributed by atoms with van der Waals surface area (Å²) < 4.78 is 0. The zero-order valence-corrected chi connectivity index (χ0v) is 13.2. The van der Waals surface area contributed by atoms with Crippen LogP contribution in [-0.2, 0) is 0 Å². The monoisotopic (exact) mass is 348 g/mol. The van der Waals surface area contributed by atoms with Gasteiger partial charge in [0.2, 0.25) is 0 Å². The van der Waals surface area contributed by atoms with E-state index in [2.05, 4.69) is 0 Å². The van der Waals surface area contributed by atoms with E-state index < -0.39 is 5.97 Å². The van der Waals surface area contributed by atoms with Gasteiger partial charge in [-0.1, -0.05) is 64.1 Å². The molecule has 0 atom stereocenters. The molecular weight excluding hydrogens is 342 g/mol. The Bertz CT molecular complexity index is 711. The zero-order chi connectivity index (χ0) is 15.0. The van der Waals surface area contributed by atoms with Gasteiger partial charge in [0.15, 0.2) is 0 Å². The number of carboxylic acids is 1. The molecule has 0 aliphatic rings. The number of halogens is 4. The van der Waals surface area contributed by atoms with Crippen molar-refractivity contribution in [3.8, 4) is 11.1 Å². The van der Waals surface area contributed by atoms with Crippen molar-refractivity contribution in [3.05, 3.63) is 55.5 Å². The largest absolute Gasteiger partial charge is 0.478 e. The standard InChI is InChI=1S/C14H8Cl4O2/c1-6-2-3-7(8(4-6)14(19)20)11-9(15)5-10(16)12(17)13(11)18/h2-5H,1H3,(H,19,20). The van der Waals surface area contributed by atoms with Crippen molar-refractivity contribution in [1.82, 2.24) is 0 Å². The summed E-state index contributed by atoms with van der Waals surface area (Å²) in [6.45, 7) is 1.80. The lowest BCUT2D eigenvalue weighted by Gasteiger charge is -2.13. The van der Waals surface area contributed by atoms with Crippen LogP contribution in [0.5, 0.6) is 0 Å². The van der Waals surface area contributed by atoms with Gasteiger partial charge in [-0.15, -0.1) is 0 Å². The highest BCUT2D eigenvalue weighted by atomic mass is 35.5. The number of carbonyl (C=O) groups is 1. The molecule has 2 rings (SSSR count). The maximum Gasteiger partial charge on any atom is 0.336 e. The van der Waals surface area contributed by atoms with E-state index in [-0.39, 0.29) is 25.7 Å². The number of benzene rings is 2. The van der Waals surface area contributed by atoms with E-state index >= 15 is 0 Å². The molecule has 0 aliphatic carbocycles. The van der Waals surface area contributed by atoms with Crippen molar-refractivity contribution in [1.29, 1.82) is 0 Å². The fourth-order valence-electron chi connectivity index (χ4n) is 1.87. The third-order valence-corrected chi connectivity index (χ3v) is 4.35. The van der Waals surface area contributed by atoms with Crippen LogP contribution in [0.1, 0.15) is 15.9 Å². The summed E-state index contributed by atoms with van der Waals surface area (Å²) in [5, 5.41) is 10.1. The Morgan fingerprint density at radius 1 is 1.00 bits per heavy atom. The molecule has 1 N–H and O–H groups in total. The fraction of sp³-hybridized carbons (Fsp3) is 0.0714. The molecule has 0 spiro atoms. The molecule has 6 heteroatoms. The number of aromatic carboxylic acids is 1. The van der Waals surface area contributed by atoms with Crippen LogP contribution in [0.15, 0.2) is 24.3 Å². The summed E-state index contributed by atoms with van der Waals surface area (Å²) in [5.41, 5.74) is 1.68. The first-order chi connectivity index (χ1) is 9.32. The zero-order valence-electron chi connectivity index (χ0n) is 10.2. The van der Waals surface area contributed by atoms with Gasteiger partial charge in [0.1, 0.15) is 0 Å². The minimum Gasteiger partial charge on any atom is -0.478 e. The van der Waals surface area contributed by atoms with Crippen LogP contribution in [0.3, 0.4) is 0 Å². The SMILES string of the molecule is Cc1ccc(-c2c(Cl)cc(Cl)c(Cl)c2Cl)c(C(=O)O)c1. The molecule has 20 heavy (non-hydrogen) atoms. The second-order valence-electron chi connectivity index (χ2n) is 4.20. The van der Waals surface area contributed by atoms with E-state index in [4.69, 9.17) is 46.4 Å². The van der Waals surface area contributed by atoms with Crippen molar-refractivity contribution < 1.29 is 9.90 Å². The highest BCUT2D eigenvalue weighted by Crippen LogP contribution is 2.44. The Labute approximate surface area is 135 Å². The molecule has 0 fully saturated rings. The van der Waals surface area contributed by atoms with Crippen LogP contribution in [0.25, 0.3) is 11.1 Å². The first kappa shape index (κ1) is 15.5. The topological polar surface area (TPSA) is 37.3 Å². The highest BCUT2D eigenvalue weighted by molar-refractivity contribution is 6.51. The molecule has 0 unspecified atom stereocenters. The molecule has 104 valence electrons. The predicted molar refractivity (Wildman–Crippen MR) is 83.6 cm³/mol. The Kier molecular flexibility index (Phi) is 4.50. The lowest BCUT2D eigenvalue weighted by Crippen LogP contribution is -2.01. The van der Waals surface area contributed by atoms with Crippen molar-refractivity contribution >= 4 is 52.4 Å². The lowest BCUT2D eigenvalue weighted by atomic mass is 9.97. The van der Waals surface area contributed by atoms with Gasteiger partial charge in [-0.05, 0) is 24.6 Å². The summed E-state index contributed by atoms with van der Waals surface area (Å²) in [7, 11) is 0. The second kappa shape index (κ2) is 5.82. The number of carboxylic acid groups (broad SMARTS) is 1. The van der Waals surface area contributed by atoms with Crippen LogP contribution in [0.4, 0.5) is 0 Å². The van der Waals surface area contributed by atoms with Crippen molar-refractivity contribution in [3.63, 3.8) is 0 Å². The van der Waals surface area contributed by atoms with Crippen molar-refractivity contribution in [2.75, 3.05) is 0 Å².